The van der Waals surface area contributed by atoms with Crippen LogP contribution in [0.15, 0.2) is 52.7 Å². The average Bonchev–Trinajstić information content (AvgIpc) is 3.48. The van der Waals surface area contributed by atoms with Crippen molar-refractivity contribution in [2.45, 2.75) is 49.1 Å². The van der Waals surface area contributed by atoms with Gasteiger partial charge in [0.1, 0.15) is 5.82 Å². The Morgan fingerprint density at radius 2 is 1.71 bits per heavy atom. The van der Waals surface area contributed by atoms with E-state index in [1.165, 1.54) is 23.5 Å². The lowest BCUT2D eigenvalue weighted by molar-refractivity contribution is -0.236. The van der Waals surface area contributed by atoms with Gasteiger partial charge in [-0.15, -0.1) is 11.3 Å². The van der Waals surface area contributed by atoms with E-state index in [0.29, 0.717) is 53.9 Å². The lowest BCUT2D eigenvalue weighted by Gasteiger charge is -2.62. The topological polar surface area (TPSA) is 158 Å². The Morgan fingerprint density at radius 1 is 1.02 bits per heavy atom. The maximum Gasteiger partial charge on any atom is 0.490 e. The number of aliphatic carboxylic acids is 1. The lowest BCUT2D eigenvalue weighted by atomic mass is 9.44. The third-order valence-corrected chi connectivity index (χ3v) is 9.91. The predicted octanol–water partition coefficient (Wildman–Crippen LogP) is 4.63. The standard InChI is InChI=1S/C26H30F2N4O4S2.C2HF3O2/c27-26(28)14-24(15-26)12-25(13-24,17-33)16-31-38(35,36)19-5-6-20-18(11-19)4-7-22(32-20)29-8-2-9-30-23(34)21-3-1-10-37-21;3-2(4,5)1(6)7/h1,3-7,10-11,31,33H,2,8-9,12-17H2,(H,29,32)(H,30,34);(H,6,7). The number of aliphatic hydroxyl groups excluding tert-OH is 1. The number of hydrogen-bond acceptors (Lipinski definition) is 8. The summed E-state index contributed by atoms with van der Waals surface area (Å²) in [5.41, 5.74) is -0.538. The fraction of sp³-hybridized carbons (Fsp3) is 0.464. The van der Waals surface area contributed by atoms with Crippen LogP contribution < -0.4 is 15.4 Å². The SMILES string of the molecule is O=C(NCCCNc1ccc2cc(S(=O)(=O)NCC3(CO)CC4(CC(F)(F)C4)C3)ccc2n1)c1cccs1.O=C(O)C(F)(F)F. The van der Waals surface area contributed by atoms with Crippen LogP contribution in [-0.4, -0.2) is 73.8 Å². The molecular weight excluding hydrogens is 647 g/mol. The predicted molar refractivity (Wildman–Crippen MR) is 156 cm³/mol. The summed E-state index contributed by atoms with van der Waals surface area (Å²) >= 11 is 1.39. The quantitative estimate of drug-likeness (QED) is 0.145. The zero-order chi connectivity index (χ0) is 33.1. The molecule has 0 atom stereocenters. The Kier molecular flexibility index (Phi) is 10.1. The Bertz CT molecular complexity index is 1620. The van der Waals surface area contributed by atoms with Gasteiger partial charge in [-0.1, -0.05) is 6.07 Å². The van der Waals surface area contributed by atoms with Gasteiger partial charge in [-0.25, -0.2) is 31.7 Å². The van der Waals surface area contributed by atoms with E-state index in [-0.39, 0.29) is 36.8 Å². The number of nitrogens with one attached hydrogen (secondary N) is 3. The Hall–Kier alpha value is -3.41. The van der Waals surface area contributed by atoms with Gasteiger partial charge in [-0.3, -0.25) is 4.79 Å². The molecule has 2 saturated carbocycles. The molecular formula is C28H31F5N4O6S2. The van der Waals surface area contributed by atoms with Crippen LogP contribution in [0.3, 0.4) is 0 Å². The molecule has 2 aliphatic carbocycles. The second-order valence-electron chi connectivity index (χ2n) is 11.4. The summed E-state index contributed by atoms with van der Waals surface area (Å²) in [5.74, 6) is -4.85. The number of fused-ring (bicyclic) bond motifs is 1. The second kappa shape index (κ2) is 13.1. The molecule has 3 aromatic rings. The number of halogens is 5. The number of aromatic nitrogens is 1. The largest absolute Gasteiger partial charge is 0.490 e. The number of sulfonamides is 1. The first-order valence-corrected chi connectivity index (χ1v) is 16.1. The van der Waals surface area contributed by atoms with Crippen molar-refractivity contribution in [2.24, 2.45) is 10.8 Å². The van der Waals surface area contributed by atoms with E-state index < -0.39 is 38.9 Å². The first-order valence-electron chi connectivity index (χ1n) is 13.7. The molecule has 0 aliphatic heterocycles. The average molecular weight is 679 g/mol. The van der Waals surface area contributed by atoms with Gasteiger partial charge in [0.15, 0.2) is 0 Å². The number of thiophene rings is 1. The molecule has 1 aromatic carbocycles. The zero-order valence-electron chi connectivity index (χ0n) is 23.7. The summed E-state index contributed by atoms with van der Waals surface area (Å²) in [5, 5.41) is 25.6. The minimum atomic E-state index is -5.08. The van der Waals surface area contributed by atoms with Crippen LogP contribution in [0, 0.1) is 10.8 Å². The smallest absolute Gasteiger partial charge is 0.475 e. The molecule has 0 saturated heterocycles. The number of alkyl halides is 5. The molecule has 10 nitrogen and oxygen atoms in total. The Balaban J connectivity index is 0.000000591. The maximum atomic E-state index is 13.3. The van der Waals surface area contributed by atoms with E-state index in [4.69, 9.17) is 9.90 Å². The molecule has 45 heavy (non-hydrogen) atoms. The fourth-order valence-corrected chi connectivity index (χ4v) is 7.66. The monoisotopic (exact) mass is 678 g/mol. The second-order valence-corrected chi connectivity index (χ2v) is 14.1. The number of anilines is 1. The molecule has 0 bridgehead atoms. The summed E-state index contributed by atoms with van der Waals surface area (Å²) in [7, 11) is -3.86. The number of pyridine rings is 1. The number of rotatable bonds is 11. The fourth-order valence-electron chi connectivity index (χ4n) is 5.83. The number of aliphatic hydroxyl groups is 1. The van der Waals surface area contributed by atoms with Gasteiger partial charge in [-0.2, -0.15) is 13.2 Å². The Labute approximate surface area is 259 Å². The molecule has 17 heteroatoms. The number of carboxylic acids is 1. The van der Waals surface area contributed by atoms with Crippen LogP contribution in [0.2, 0.25) is 0 Å². The van der Waals surface area contributed by atoms with E-state index in [2.05, 4.69) is 20.3 Å². The van der Waals surface area contributed by atoms with Gasteiger partial charge in [0.25, 0.3) is 5.91 Å². The van der Waals surface area contributed by atoms with Crippen molar-refractivity contribution in [1.29, 1.82) is 0 Å². The highest BCUT2D eigenvalue weighted by Gasteiger charge is 2.66. The first kappa shape index (κ1) is 34.5. The molecule has 2 aliphatic rings. The van der Waals surface area contributed by atoms with Crippen LogP contribution in [0.5, 0.6) is 0 Å². The minimum absolute atomic E-state index is 0.00603. The summed E-state index contributed by atoms with van der Waals surface area (Å²) in [6.45, 7) is 0.884. The van der Waals surface area contributed by atoms with Gasteiger partial charge in [0.2, 0.25) is 15.9 Å². The van der Waals surface area contributed by atoms with Gasteiger partial charge in [-0.05, 0) is 66.5 Å². The molecule has 5 N–H and O–H groups in total. The van der Waals surface area contributed by atoms with Crippen molar-refractivity contribution >= 4 is 50.0 Å². The number of amides is 1. The van der Waals surface area contributed by atoms with Crippen molar-refractivity contribution in [3.8, 4) is 0 Å². The van der Waals surface area contributed by atoms with E-state index in [0.717, 1.165) is 0 Å². The van der Waals surface area contributed by atoms with Gasteiger partial charge in [0.05, 0.1) is 15.3 Å². The molecule has 0 radical (unpaired) electrons. The first-order chi connectivity index (χ1) is 21.0. The van der Waals surface area contributed by atoms with Gasteiger partial charge in [0, 0.05) is 49.9 Å². The summed E-state index contributed by atoms with van der Waals surface area (Å²) in [4.78, 5) is 26.1. The zero-order valence-corrected chi connectivity index (χ0v) is 25.3. The molecule has 5 rings (SSSR count). The van der Waals surface area contributed by atoms with E-state index in [1.807, 2.05) is 11.4 Å². The number of carbonyl (C=O) groups excluding carboxylic acids is 1. The van der Waals surface area contributed by atoms with Crippen molar-refractivity contribution in [2.75, 3.05) is 31.6 Å². The summed E-state index contributed by atoms with van der Waals surface area (Å²) in [6.07, 6.45) is -3.96. The van der Waals surface area contributed by atoms with Crippen molar-refractivity contribution in [3.63, 3.8) is 0 Å². The highest BCUT2D eigenvalue weighted by Crippen LogP contribution is 2.68. The maximum absolute atomic E-state index is 13.3. The van der Waals surface area contributed by atoms with E-state index >= 15 is 0 Å². The molecule has 1 spiro atoms. The summed E-state index contributed by atoms with van der Waals surface area (Å²) in [6, 6.07) is 11.8. The van der Waals surface area contributed by atoms with Gasteiger partial charge >= 0.3 is 12.1 Å². The van der Waals surface area contributed by atoms with Gasteiger partial charge < -0.3 is 20.8 Å². The Morgan fingerprint density at radius 3 is 2.29 bits per heavy atom. The van der Waals surface area contributed by atoms with E-state index in [9.17, 15) is 40.3 Å². The molecule has 2 aromatic heterocycles. The number of carbonyl (C=O) groups is 2. The van der Waals surface area contributed by atoms with Crippen LogP contribution >= 0.6 is 11.3 Å². The summed E-state index contributed by atoms with van der Waals surface area (Å²) < 4.78 is 86.8. The molecule has 1 amide bonds. The minimum Gasteiger partial charge on any atom is -0.475 e. The highest BCUT2D eigenvalue weighted by atomic mass is 32.2. The molecule has 0 unspecified atom stereocenters. The number of hydrogen-bond donors (Lipinski definition) is 5. The van der Waals surface area contributed by atoms with Crippen molar-refractivity contribution < 1.29 is 50.2 Å². The normalized spacial score (nSPS) is 17.8. The van der Waals surface area contributed by atoms with Crippen LogP contribution in [0.1, 0.15) is 41.8 Å². The molecule has 246 valence electrons. The van der Waals surface area contributed by atoms with Crippen LogP contribution in [-0.2, 0) is 14.8 Å². The number of nitrogens with zero attached hydrogens (tertiary/aromatic N) is 1. The number of benzene rings is 1. The highest BCUT2D eigenvalue weighted by molar-refractivity contribution is 7.89. The lowest BCUT2D eigenvalue weighted by Crippen LogP contribution is -2.62. The van der Waals surface area contributed by atoms with E-state index in [1.54, 1.807) is 24.3 Å². The van der Waals surface area contributed by atoms with Crippen molar-refractivity contribution in [1.82, 2.24) is 15.0 Å². The van der Waals surface area contributed by atoms with Crippen molar-refractivity contribution in [3.05, 3.63) is 52.7 Å². The third kappa shape index (κ3) is 8.65. The third-order valence-electron chi connectivity index (χ3n) is 7.64. The van der Waals surface area contributed by atoms with Crippen LogP contribution in [0.4, 0.5) is 27.8 Å². The molecule has 2 heterocycles. The molecule has 2 fully saturated rings. The number of carboxylic acid groups (broad SMARTS) is 1. The van der Waals surface area contributed by atoms with Crippen LogP contribution in [0.25, 0.3) is 10.9 Å².